The zero-order chi connectivity index (χ0) is 11.5. The molecule has 4 heteroatoms. The van der Waals surface area contributed by atoms with Crippen molar-refractivity contribution in [2.45, 2.75) is 32.6 Å². The Morgan fingerprint density at radius 3 is 2.88 bits per heavy atom. The number of ether oxygens (including phenoxy) is 1. The van der Waals surface area contributed by atoms with E-state index in [1.807, 2.05) is 13.8 Å². The van der Waals surface area contributed by atoms with Gasteiger partial charge in [0.15, 0.2) is 0 Å². The molecular weight excluding hydrogens is 222 g/mol. The van der Waals surface area contributed by atoms with Crippen molar-refractivity contribution in [3.05, 3.63) is 16.5 Å². The van der Waals surface area contributed by atoms with Gasteiger partial charge >= 0.3 is 5.97 Å². The lowest BCUT2D eigenvalue weighted by Gasteiger charge is -2.07. The van der Waals surface area contributed by atoms with Crippen molar-refractivity contribution in [3.63, 3.8) is 0 Å². The van der Waals surface area contributed by atoms with Crippen LogP contribution in [0.4, 0.5) is 5.00 Å². The van der Waals surface area contributed by atoms with Crippen molar-refractivity contribution in [2.24, 2.45) is 0 Å². The van der Waals surface area contributed by atoms with Gasteiger partial charge in [0, 0.05) is 6.54 Å². The molecule has 1 aliphatic carbocycles. The summed E-state index contributed by atoms with van der Waals surface area (Å²) in [6.07, 6.45) is 2.41. The summed E-state index contributed by atoms with van der Waals surface area (Å²) in [4.78, 5) is 11.9. The van der Waals surface area contributed by atoms with Crippen LogP contribution in [0.2, 0.25) is 0 Å². The standard InChI is InChI=1S/C12H17NO2S/c1-3-13-11-10(12(14)15-4-2)9(7-16-11)8-5-6-8/h7-8,13H,3-6H2,1-2H3. The Bertz CT molecular complexity index is 382. The van der Waals surface area contributed by atoms with E-state index in [-0.39, 0.29) is 5.97 Å². The maximum absolute atomic E-state index is 11.9. The van der Waals surface area contributed by atoms with E-state index in [1.165, 1.54) is 18.4 Å². The Hall–Kier alpha value is -1.03. The minimum absolute atomic E-state index is 0.179. The summed E-state index contributed by atoms with van der Waals surface area (Å²) in [5.41, 5.74) is 1.95. The minimum atomic E-state index is -0.179. The Morgan fingerprint density at radius 1 is 1.56 bits per heavy atom. The Labute approximate surface area is 99.8 Å². The molecule has 0 radical (unpaired) electrons. The van der Waals surface area contributed by atoms with Crippen LogP contribution in [0, 0.1) is 0 Å². The highest BCUT2D eigenvalue weighted by Gasteiger charge is 2.31. The molecule has 1 aliphatic rings. The SMILES string of the molecule is CCNc1scc(C2CC2)c1C(=O)OCC. The Kier molecular flexibility index (Phi) is 3.49. The molecule has 2 rings (SSSR count). The van der Waals surface area contributed by atoms with Crippen LogP contribution in [-0.2, 0) is 4.74 Å². The first-order valence-corrected chi connectivity index (χ1v) is 6.68. The van der Waals surface area contributed by atoms with Crippen LogP contribution >= 0.6 is 11.3 Å². The van der Waals surface area contributed by atoms with E-state index in [0.29, 0.717) is 12.5 Å². The number of hydrogen-bond donors (Lipinski definition) is 1. The number of esters is 1. The van der Waals surface area contributed by atoms with E-state index in [1.54, 1.807) is 11.3 Å². The minimum Gasteiger partial charge on any atom is -0.462 e. The maximum atomic E-state index is 11.9. The second-order valence-corrected chi connectivity index (χ2v) is 4.80. The number of carbonyl (C=O) groups excluding carboxylic acids is 1. The first kappa shape index (κ1) is 11.5. The van der Waals surface area contributed by atoms with Gasteiger partial charge in [-0.15, -0.1) is 11.3 Å². The normalized spacial score (nSPS) is 14.9. The summed E-state index contributed by atoms with van der Waals surface area (Å²) < 4.78 is 5.12. The van der Waals surface area contributed by atoms with Gasteiger partial charge in [-0.05, 0) is 43.6 Å². The number of carbonyl (C=O) groups is 1. The average molecular weight is 239 g/mol. The summed E-state index contributed by atoms with van der Waals surface area (Å²) in [5.74, 6) is 0.407. The fourth-order valence-corrected chi connectivity index (χ4v) is 2.87. The van der Waals surface area contributed by atoms with E-state index in [0.717, 1.165) is 17.1 Å². The third-order valence-electron chi connectivity index (χ3n) is 2.65. The second-order valence-electron chi connectivity index (χ2n) is 3.92. The topological polar surface area (TPSA) is 38.3 Å². The van der Waals surface area contributed by atoms with Crippen molar-refractivity contribution in [3.8, 4) is 0 Å². The summed E-state index contributed by atoms with van der Waals surface area (Å²) in [6.45, 7) is 5.14. The van der Waals surface area contributed by atoms with E-state index < -0.39 is 0 Å². The molecule has 88 valence electrons. The first-order chi connectivity index (χ1) is 7.77. The summed E-state index contributed by atoms with van der Waals surface area (Å²) in [5, 5.41) is 6.30. The van der Waals surface area contributed by atoms with Gasteiger partial charge in [-0.1, -0.05) is 0 Å². The highest BCUT2D eigenvalue weighted by molar-refractivity contribution is 7.14. The summed E-state index contributed by atoms with van der Waals surface area (Å²) >= 11 is 1.61. The van der Waals surface area contributed by atoms with Crippen molar-refractivity contribution < 1.29 is 9.53 Å². The summed E-state index contributed by atoms with van der Waals surface area (Å²) in [6, 6.07) is 0. The van der Waals surface area contributed by atoms with Crippen LogP contribution in [0.5, 0.6) is 0 Å². The van der Waals surface area contributed by atoms with Gasteiger partial charge in [0.05, 0.1) is 12.2 Å². The van der Waals surface area contributed by atoms with Crippen LogP contribution in [0.15, 0.2) is 5.38 Å². The third kappa shape index (κ3) is 2.21. The molecule has 1 N–H and O–H groups in total. The van der Waals surface area contributed by atoms with Gasteiger partial charge < -0.3 is 10.1 Å². The molecule has 0 amide bonds. The molecule has 0 unspecified atom stereocenters. The number of nitrogens with one attached hydrogen (secondary N) is 1. The lowest BCUT2D eigenvalue weighted by atomic mass is 10.1. The molecule has 0 aliphatic heterocycles. The number of hydrogen-bond acceptors (Lipinski definition) is 4. The zero-order valence-corrected chi connectivity index (χ0v) is 10.5. The van der Waals surface area contributed by atoms with Gasteiger partial charge in [0.1, 0.15) is 5.00 Å². The highest BCUT2D eigenvalue weighted by atomic mass is 32.1. The quantitative estimate of drug-likeness (QED) is 0.802. The molecule has 1 fully saturated rings. The molecule has 0 saturated heterocycles. The van der Waals surface area contributed by atoms with Gasteiger partial charge in [0.25, 0.3) is 0 Å². The van der Waals surface area contributed by atoms with E-state index in [9.17, 15) is 4.79 Å². The summed E-state index contributed by atoms with van der Waals surface area (Å²) in [7, 11) is 0. The highest BCUT2D eigenvalue weighted by Crippen LogP contribution is 2.46. The molecule has 1 heterocycles. The first-order valence-electron chi connectivity index (χ1n) is 5.80. The largest absolute Gasteiger partial charge is 0.462 e. The molecule has 0 aromatic carbocycles. The molecule has 1 aromatic heterocycles. The van der Waals surface area contributed by atoms with Crippen LogP contribution in [0.1, 0.15) is 48.5 Å². The van der Waals surface area contributed by atoms with E-state index in [4.69, 9.17) is 4.74 Å². The molecule has 1 aromatic rings. The fraction of sp³-hybridized carbons (Fsp3) is 0.583. The number of thiophene rings is 1. The Morgan fingerprint density at radius 2 is 2.31 bits per heavy atom. The van der Waals surface area contributed by atoms with Crippen LogP contribution in [-0.4, -0.2) is 19.1 Å². The molecule has 0 spiro atoms. The zero-order valence-electron chi connectivity index (χ0n) is 9.71. The van der Waals surface area contributed by atoms with Gasteiger partial charge in [0.2, 0.25) is 0 Å². The molecule has 1 saturated carbocycles. The van der Waals surface area contributed by atoms with Crippen molar-refractivity contribution in [1.82, 2.24) is 0 Å². The maximum Gasteiger partial charge on any atom is 0.341 e. The van der Waals surface area contributed by atoms with Gasteiger partial charge in [-0.25, -0.2) is 4.79 Å². The predicted molar refractivity (Wildman–Crippen MR) is 66.4 cm³/mol. The molecule has 0 atom stereocenters. The lowest BCUT2D eigenvalue weighted by Crippen LogP contribution is -2.09. The Balaban J connectivity index is 2.28. The molecule has 3 nitrogen and oxygen atoms in total. The number of anilines is 1. The number of rotatable bonds is 5. The molecular formula is C12H17NO2S. The average Bonchev–Trinajstić information content (AvgIpc) is 3.01. The van der Waals surface area contributed by atoms with Crippen LogP contribution in [0.3, 0.4) is 0 Å². The van der Waals surface area contributed by atoms with Crippen molar-refractivity contribution in [2.75, 3.05) is 18.5 Å². The van der Waals surface area contributed by atoms with Crippen LogP contribution in [0.25, 0.3) is 0 Å². The molecule has 0 bridgehead atoms. The van der Waals surface area contributed by atoms with Gasteiger partial charge in [-0.2, -0.15) is 0 Å². The van der Waals surface area contributed by atoms with Gasteiger partial charge in [-0.3, -0.25) is 0 Å². The monoisotopic (exact) mass is 239 g/mol. The van der Waals surface area contributed by atoms with E-state index >= 15 is 0 Å². The lowest BCUT2D eigenvalue weighted by molar-refractivity contribution is 0.0527. The molecule has 16 heavy (non-hydrogen) atoms. The predicted octanol–water partition coefficient (Wildman–Crippen LogP) is 3.23. The van der Waals surface area contributed by atoms with E-state index in [2.05, 4.69) is 10.7 Å². The fourth-order valence-electron chi connectivity index (χ4n) is 1.77. The van der Waals surface area contributed by atoms with Crippen LogP contribution < -0.4 is 5.32 Å². The van der Waals surface area contributed by atoms with Crippen molar-refractivity contribution in [1.29, 1.82) is 0 Å². The smallest absolute Gasteiger partial charge is 0.341 e. The van der Waals surface area contributed by atoms with Crippen molar-refractivity contribution >= 4 is 22.3 Å². The second kappa shape index (κ2) is 4.87. The third-order valence-corrected chi connectivity index (χ3v) is 3.61.